The zero-order valence-electron chi connectivity index (χ0n) is 11.0. The molecule has 0 aliphatic rings. The highest BCUT2D eigenvalue weighted by molar-refractivity contribution is 9.10. The molecule has 2 aromatic rings. The van der Waals surface area contributed by atoms with Crippen molar-refractivity contribution in [1.29, 1.82) is 5.26 Å². The lowest BCUT2D eigenvalue weighted by atomic mass is 10.0. The topological polar surface area (TPSA) is 87.2 Å². The molecule has 0 atom stereocenters. The van der Waals surface area contributed by atoms with Gasteiger partial charge in [0.25, 0.3) is 0 Å². The van der Waals surface area contributed by atoms with Crippen molar-refractivity contribution in [3.8, 4) is 11.8 Å². The number of benzene rings is 2. The van der Waals surface area contributed by atoms with Gasteiger partial charge in [-0.25, -0.2) is 4.39 Å². The lowest BCUT2D eigenvalue weighted by Gasteiger charge is -2.04. The zero-order chi connectivity index (χ0) is 16.3. The number of hydrogen-bond donors (Lipinski definition) is 1. The molecule has 0 heterocycles. The highest BCUT2D eigenvalue weighted by Gasteiger charge is 2.18. The van der Waals surface area contributed by atoms with Crippen LogP contribution in [0.3, 0.4) is 0 Å². The van der Waals surface area contributed by atoms with Crippen LogP contribution in [0.25, 0.3) is 11.6 Å². The van der Waals surface area contributed by atoms with Gasteiger partial charge in [0, 0.05) is 11.6 Å². The molecule has 5 nitrogen and oxygen atoms in total. The Morgan fingerprint density at radius 3 is 2.68 bits per heavy atom. The minimum atomic E-state index is -0.743. The number of phenolic OH excluding ortho intramolecular Hbond substituents is 1. The van der Waals surface area contributed by atoms with Gasteiger partial charge in [-0.1, -0.05) is 18.2 Å². The molecule has 7 heteroatoms. The van der Waals surface area contributed by atoms with Crippen molar-refractivity contribution in [2.75, 3.05) is 0 Å². The number of nitrogens with zero attached hydrogens (tertiary/aromatic N) is 2. The number of aromatic hydroxyl groups is 1. The van der Waals surface area contributed by atoms with Crippen molar-refractivity contribution in [2.24, 2.45) is 0 Å². The van der Waals surface area contributed by atoms with E-state index in [2.05, 4.69) is 15.9 Å². The van der Waals surface area contributed by atoms with Gasteiger partial charge < -0.3 is 5.11 Å². The third-order valence-electron chi connectivity index (χ3n) is 2.86. The molecular formula is C15H8BrFN2O3. The number of allylic oxidation sites excluding steroid dienone is 1. The fourth-order valence-electron chi connectivity index (χ4n) is 1.84. The summed E-state index contributed by atoms with van der Waals surface area (Å²) in [7, 11) is 0. The normalized spacial score (nSPS) is 11.0. The maximum Gasteiger partial charge on any atom is 0.312 e. The molecule has 0 radical (unpaired) electrons. The Morgan fingerprint density at radius 1 is 1.41 bits per heavy atom. The van der Waals surface area contributed by atoms with E-state index in [0.29, 0.717) is 0 Å². The number of phenols is 1. The molecule has 0 aromatic heterocycles. The van der Waals surface area contributed by atoms with E-state index in [4.69, 9.17) is 0 Å². The zero-order valence-corrected chi connectivity index (χ0v) is 12.5. The van der Waals surface area contributed by atoms with Gasteiger partial charge in [-0.05, 0) is 39.7 Å². The largest absolute Gasteiger partial charge is 0.501 e. The Labute approximate surface area is 133 Å². The van der Waals surface area contributed by atoms with Crippen molar-refractivity contribution in [3.63, 3.8) is 0 Å². The first-order valence-corrected chi connectivity index (χ1v) is 6.77. The van der Waals surface area contributed by atoms with Crippen LogP contribution in [0.1, 0.15) is 11.1 Å². The lowest BCUT2D eigenvalue weighted by molar-refractivity contribution is -0.386. The van der Waals surface area contributed by atoms with Gasteiger partial charge in [0.05, 0.1) is 21.0 Å². The first-order valence-electron chi connectivity index (χ1n) is 5.97. The number of hydrogen-bond acceptors (Lipinski definition) is 4. The first kappa shape index (κ1) is 15.7. The predicted octanol–water partition coefficient (Wildman–Crippen LogP) is 4.27. The summed E-state index contributed by atoms with van der Waals surface area (Å²) >= 11 is 3.01. The Hall–Kier alpha value is -2.72. The molecule has 0 fully saturated rings. The molecule has 0 aliphatic carbocycles. The van der Waals surface area contributed by atoms with Gasteiger partial charge in [-0.3, -0.25) is 10.1 Å². The van der Waals surface area contributed by atoms with Crippen molar-refractivity contribution < 1.29 is 14.4 Å². The van der Waals surface area contributed by atoms with Crippen LogP contribution in [-0.4, -0.2) is 10.0 Å². The number of nitriles is 1. The first-order chi connectivity index (χ1) is 10.4. The van der Waals surface area contributed by atoms with Crippen LogP contribution in [0.5, 0.6) is 5.75 Å². The molecule has 0 bridgehead atoms. The Morgan fingerprint density at radius 2 is 2.09 bits per heavy atom. The van der Waals surface area contributed by atoms with Crippen LogP contribution in [0.2, 0.25) is 0 Å². The molecule has 0 amide bonds. The van der Waals surface area contributed by atoms with Crippen molar-refractivity contribution >= 4 is 33.3 Å². The summed E-state index contributed by atoms with van der Waals surface area (Å²) in [4.78, 5) is 10.1. The average molecular weight is 363 g/mol. The molecule has 0 saturated carbocycles. The van der Waals surface area contributed by atoms with Crippen LogP contribution in [0.15, 0.2) is 40.9 Å². The van der Waals surface area contributed by atoms with Gasteiger partial charge in [0.1, 0.15) is 5.82 Å². The van der Waals surface area contributed by atoms with E-state index in [1.165, 1.54) is 30.3 Å². The average Bonchev–Trinajstić information content (AvgIpc) is 2.48. The summed E-state index contributed by atoms with van der Waals surface area (Å²) in [6.45, 7) is 0. The van der Waals surface area contributed by atoms with E-state index in [1.54, 1.807) is 6.07 Å². The minimum absolute atomic E-state index is 0.0185. The highest BCUT2D eigenvalue weighted by atomic mass is 79.9. The number of nitro benzene ring substituents is 1. The quantitative estimate of drug-likeness (QED) is 0.382. The Bertz CT molecular complexity index is 828. The Balaban J connectivity index is 2.59. The summed E-state index contributed by atoms with van der Waals surface area (Å²) in [5.74, 6) is -1.07. The fraction of sp³-hybridized carbons (Fsp3) is 0. The second-order valence-electron chi connectivity index (χ2n) is 4.28. The summed E-state index contributed by atoms with van der Waals surface area (Å²) < 4.78 is 13.8. The summed E-state index contributed by atoms with van der Waals surface area (Å²) in [5, 5.41) is 29.7. The van der Waals surface area contributed by atoms with Gasteiger partial charge in [-0.15, -0.1) is 0 Å². The van der Waals surface area contributed by atoms with Crippen molar-refractivity contribution in [1.82, 2.24) is 0 Å². The molecule has 0 spiro atoms. The predicted molar refractivity (Wildman–Crippen MR) is 82.3 cm³/mol. The molecule has 22 heavy (non-hydrogen) atoms. The van der Waals surface area contributed by atoms with Crippen LogP contribution in [0.4, 0.5) is 10.1 Å². The Kier molecular flexibility index (Phi) is 4.53. The minimum Gasteiger partial charge on any atom is -0.501 e. The van der Waals surface area contributed by atoms with E-state index in [-0.39, 0.29) is 21.2 Å². The number of rotatable bonds is 3. The van der Waals surface area contributed by atoms with Crippen molar-refractivity contribution in [2.45, 2.75) is 0 Å². The van der Waals surface area contributed by atoms with Gasteiger partial charge in [0.15, 0.2) is 0 Å². The molecule has 0 unspecified atom stereocenters. The smallest absolute Gasteiger partial charge is 0.312 e. The second kappa shape index (κ2) is 6.37. The molecule has 2 aromatic carbocycles. The van der Waals surface area contributed by atoms with Gasteiger partial charge in [0.2, 0.25) is 5.75 Å². The van der Waals surface area contributed by atoms with Crippen LogP contribution in [-0.2, 0) is 0 Å². The molecule has 110 valence electrons. The van der Waals surface area contributed by atoms with E-state index < -0.39 is 22.2 Å². The SMILES string of the molecule is N#C/C(=C/c1cc(Br)c(O)c([N+](=O)[O-])c1)c1ccccc1F. The fourth-order valence-corrected chi connectivity index (χ4v) is 2.31. The summed E-state index contributed by atoms with van der Waals surface area (Å²) in [6.07, 6.45) is 1.32. The second-order valence-corrected chi connectivity index (χ2v) is 5.13. The van der Waals surface area contributed by atoms with E-state index >= 15 is 0 Å². The van der Waals surface area contributed by atoms with E-state index in [0.717, 1.165) is 6.07 Å². The van der Waals surface area contributed by atoms with Crippen LogP contribution in [0, 0.1) is 27.3 Å². The summed E-state index contributed by atoms with van der Waals surface area (Å²) in [5.41, 5.74) is -0.107. The van der Waals surface area contributed by atoms with Crippen molar-refractivity contribution in [3.05, 3.63) is 67.9 Å². The maximum absolute atomic E-state index is 13.7. The number of halogens is 2. The van der Waals surface area contributed by atoms with Crippen LogP contribution < -0.4 is 0 Å². The standard InChI is InChI=1S/C15H8BrFN2O3/c16-12-6-9(7-14(15(12)20)19(21)22)5-10(8-18)11-3-1-2-4-13(11)17/h1-7,20H/b10-5-. The van der Waals surface area contributed by atoms with E-state index in [1.807, 2.05) is 6.07 Å². The maximum atomic E-state index is 13.7. The third-order valence-corrected chi connectivity index (χ3v) is 3.46. The summed E-state index contributed by atoms with van der Waals surface area (Å²) in [6, 6.07) is 10.1. The molecular weight excluding hydrogens is 355 g/mol. The van der Waals surface area contributed by atoms with E-state index in [9.17, 15) is 24.9 Å². The lowest BCUT2D eigenvalue weighted by Crippen LogP contribution is -1.91. The third kappa shape index (κ3) is 3.13. The molecule has 2 rings (SSSR count). The van der Waals surface area contributed by atoms with Crippen LogP contribution >= 0.6 is 15.9 Å². The molecule has 1 N–H and O–H groups in total. The monoisotopic (exact) mass is 362 g/mol. The van der Waals surface area contributed by atoms with Gasteiger partial charge in [-0.2, -0.15) is 5.26 Å². The molecule has 0 saturated heterocycles. The number of nitro groups is 1. The van der Waals surface area contributed by atoms with Gasteiger partial charge >= 0.3 is 5.69 Å². The highest BCUT2D eigenvalue weighted by Crippen LogP contribution is 2.36. The molecule has 0 aliphatic heterocycles.